The highest BCUT2D eigenvalue weighted by atomic mass is 16.6. The molecule has 0 bridgehead atoms. The van der Waals surface area contributed by atoms with Gasteiger partial charge in [0.1, 0.15) is 13.2 Å². The number of alkyl carbamates (subject to hydrolysis) is 1. The average molecular weight is 450 g/mol. The maximum atomic E-state index is 12.2. The Morgan fingerprint density at radius 3 is 2.12 bits per heavy atom. The van der Waals surface area contributed by atoms with Crippen LogP contribution in [0.2, 0.25) is 0 Å². The Labute approximate surface area is 192 Å². The molecule has 1 atom stereocenters. The molecular weight excluding hydrogens is 422 g/mol. The van der Waals surface area contributed by atoms with Crippen molar-refractivity contribution in [3.05, 3.63) is 95.6 Å². The summed E-state index contributed by atoms with van der Waals surface area (Å²) in [7, 11) is 0. The van der Waals surface area contributed by atoms with Crippen molar-refractivity contribution in [1.82, 2.24) is 5.32 Å². The Hall–Kier alpha value is -4.00. The quantitative estimate of drug-likeness (QED) is 0.461. The van der Waals surface area contributed by atoms with Gasteiger partial charge in [-0.3, -0.25) is 4.79 Å². The van der Waals surface area contributed by atoms with E-state index in [9.17, 15) is 14.7 Å². The molecule has 0 heterocycles. The molecule has 3 aromatic rings. The van der Waals surface area contributed by atoms with Crippen molar-refractivity contribution in [1.29, 1.82) is 0 Å². The predicted octanol–water partition coefficient (Wildman–Crippen LogP) is 4.68. The number of phenols is 1. The van der Waals surface area contributed by atoms with Gasteiger partial charge in [-0.1, -0.05) is 66.7 Å². The zero-order valence-electron chi connectivity index (χ0n) is 18.6. The molecule has 0 radical (unpaired) electrons. The molecule has 0 aliphatic rings. The zero-order chi connectivity index (χ0) is 23.7. The maximum Gasteiger partial charge on any atom is 0.407 e. The minimum Gasteiger partial charge on any atom is -0.504 e. The molecule has 0 saturated carbocycles. The lowest BCUT2D eigenvalue weighted by atomic mass is 9.95. The number of benzene rings is 3. The van der Waals surface area contributed by atoms with Crippen LogP contribution in [-0.4, -0.2) is 23.7 Å². The molecule has 7 nitrogen and oxygen atoms in total. The van der Waals surface area contributed by atoms with Crippen LogP contribution in [-0.2, 0) is 33.1 Å². The van der Waals surface area contributed by atoms with Crippen LogP contribution in [0.25, 0.3) is 0 Å². The van der Waals surface area contributed by atoms with Crippen molar-refractivity contribution in [3.8, 4) is 11.5 Å². The van der Waals surface area contributed by atoms with Gasteiger partial charge >= 0.3 is 12.1 Å². The topological polar surface area (TPSA) is 94.1 Å². The Bertz CT molecular complexity index is 1070. The van der Waals surface area contributed by atoms with Crippen molar-refractivity contribution in [3.63, 3.8) is 0 Å². The molecule has 0 aliphatic heterocycles. The first-order valence-electron chi connectivity index (χ1n) is 10.5. The number of carbonyl (C=O) groups excluding carboxylic acids is 2. The monoisotopic (exact) mass is 449 g/mol. The second-order valence-corrected chi connectivity index (χ2v) is 7.70. The molecule has 1 unspecified atom stereocenters. The summed E-state index contributed by atoms with van der Waals surface area (Å²) < 4.78 is 16.6. The summed E-state index contributed by atoms with van der Waals surface area (Å²) in [5.74, 6) is -0.326. The summed E-state index contributed by atoms with van der Waals surface area (Å²) >= 11 is 0. The molecule has 33 heavy (non-hydrogen) atoms. The highest BCUT2D eigenvalue weighted by Gasteiger charge is 2.32. The lowest BCUT2D eigenvalue weighted by molar-refractivity contribution is -0.156. The van der Waals surface area contributed by atoms with Crippen LogP contribution in [0.4, 0.5) is 4.79 Å². The zero-order valence-corrected chi connectivity index (χ0v) is 18.6. The fourth-order valence-electron chi connectivity index (χ4n) is 3.22. The molecule has 2 N–H and O–H groups in total. The van der Waals surface area contributed by atoms with E-state index >= 15 is 0 Å². The van der Waals surface area contributed by atoms with Crippen LogP contribution in [0.5, 0.6) is 11.5 Å². The van der Waals surface area contributed by atoms with Crippen LogP contribution in [0.15, 0.2) is 78.9 Å². The molecular formula is C26H27NO6. The van der Waals surface area contributed by atoms with Crippen LogP contribution < -0.4 is 10.1 Å². The molecule has 0 spiro atoms. The van der Waals surface area contributed by atoms with Gasteiger partial charge in [-0.2, -0.15) is 0 Å². The van der Waals surface area contributed by atoms with Gasteiger partial charge in [0.25, 0.3) is 0 Å². The second kappa shape index (κ2) is 11.0. The predicted molar refractivity (Wildman–Crippen MR) is 123 cm³/mol. The lowest BCUT2D eigenvalue weighted by Crippen LogP contribution is -2.41. The lowest BCUT2D eigenvalue weighted by Gasteiger charge is -2.30. The number of amides is 1. The number of esters is 1. The number of rotatable bonds is 9. The first-order valence-corrected chi connectivity index (χ1v) is 10.5. The van der Waals surface area contributed by atoms with Gasteiger partial charge in [-0.15, -0.1) is 0 Å². The van der Waals surface area contributed by atoms with Gasteiger partial charge < -0.3 is 24.6 Å². The molecule has 172 valence electrons. The molecule has 1 amide bonds. The number of ether oxygens (including phenoxy) is 3. The Morgan fingerprint density at radius 1 is 0.909 bits per heavy atom. The van der Waals surface area contributed by atoms with E-state index in [1.165, 1.54) is 13.0 Å². The van der Waals surface area contributed by atoms with E-state index in [1.54, 1.807) is 19.1 Å². The molecule has 7 heteroatoms. The summed E-state index contributed by atoms with van der Waals surface area (Å²) in [6, 6.07) is 23.5. The Kier molecular flexibility index (Phi) is 7.91. The average Bonchev–Trinajstić information content (AvgIpc) is 2.82. The minimum absolute atomic E-state index is 0.0386. The van der Waals surface area contributed by atoms with Crippen LogP contribution in [0.3, 0.4) is 0 Å². The van der Waals surface area contributed by atoms with E-state index < -0.39 is 17.7 Å². The minimum atomic E-state index is -1.21. The third-order valence-electron chi connectivity index (χ3n) is 4.96. The van der Waals surface area contributed by atoms with E-state index in [0.717, 1.165) is 11.1 Å². The Balaban J connectivity index is 1.69. The largest absolute Gasteiger partial charge is 0.504 e. The Morgan fingerprint density at radius 2 is 1.52 bits per heavy atom. The fourth-order valence-corrected chi connectivity index (χ4v) is 3.22. The van der Waals surface area contributed by atoms with Gasteiger partial charge in [0, 0.05) is 12.5 Å². The molecule has 0 saturated heterocycles. The fraction of sp³-hybridized carbons (Fsp3) is 0.231. The molecule has 0 fully saturated rings. The number of hydrogen-bond acceptors (Lipinski definition) is 6. The second-order valence-electron chi connectivity index (χ2n) is 7.70. The summed E-state index contributed by atoms with van der Waals surface area (Å²) in [5, 5.41) is 12.9. The van der Waals surface area contributed by atoms with Crippen LogP contribution in [0, 0.1) is 0 Å². The highest BCUT2D eigenvalue weighted by molar-refractivity contribution is 5.68. The van der Waals surface area contributed by atoms with Gasteiger partial charge in [0.15, 0.2) is 17.1 Å². The molecule has 3 aromatic carbocycles. The van der Waals surface area contributed by atoms with E-state index in [2.05, 4.69) is 5.32 Å². The number of hydrogen-bond donors (Lipinski definition) is 2. The standard InChI is InChI=1S/C26H27NO6/c1-19(28)33-26(2,18-27-25(30)32-17-21-11-7-4-8-12-21)22-13-14-23(29)24(15-22)31-16-20-9-5-3-6-10-20/h3-15,29H,16-18H2,1-2H3,(H,27,30). The highest BCUT2D eigenvalue weighted by Crippen LogP contribution is 2.34. The van der Waals surface area contributed by atoms with Crippen molar-refractivity contribution < 1.29 is 28.9 Å². The first kappa shape index (κ1) is 23.7. The summed E-state index contributed by atoms with van der Waals surface area (Å²) in [4.78, 5) is 24.0. The van der Waals surface area contributed by atoms with Crippen LogP contribution in [0.1, 0.15) is 30.5 Å². The number of nitrogens with one attached hydrogen (secondary N) is 1. The summed E-state index contributed by atoms with van der Waals surface area (Å²) in [5.41, 5.74) is 1.12. The SMILES string of the molecule is CC(=O)OC(C)(CNC(=O)OCc1ccccc1)c1ccc(O)c(OCc2ccccc2)c1. The van der Waals surface area contributed by atoms with E-state index in [1.807, 2.05) is 60.7 Å². The van der Waals surface area contributed by atoms with Gasteiger partial charge in [0.2, 0.25) is 0 Å². The number of phenolic OH excluding ortho intramolecular Hbond substituents is 1. The molecule has 3 rings (SSSR count). The van der Waals surface area contributed by atoms with Crippen molar-refractivity contribution in [2.24, 2.45) is 0 Å². The van der Waals surface area contributed by atoms with Gasteiger partial charge in [-0.25, -0.2) is 4.79 Å². The van der Waals surface area contributed by atoms with Crippen molar-refractivity contribution in [2.45, 2.75) is 32.7 Å². The van der Waals surface area contributed by atoms with E-state index in [4.69, 9.17) is 14.2 Å². The molecule has 0 aromatic heterocycles. The van der Waals surface area contributed by atoms with E-state index in [-0.39, 0.29) is 31.3 Å². The smallest absolute Gasteiger partial charge is 0.407 e. The summed E-state index contributed by atoms with van der Waals surface area (Å²) in [6.07, 6.45) is -0.642. The van der Waals surface area contributed by atoms with Gasteiger partial charge in [0.05, 0.1) is 6.54 Å². The van der Waals surface area contributed by atoms with E-state index in [0.29, 0.717) is 5.56 Å². The number of aromatic hydroxyl groups is 1. The van der Waals surface area contributed by atoms with Crippen LogP contribution >= 0.6 is 0 Å². The maximum absolute atomic E-state index is 12.2. The summed E-state index contributed by atoms with van der Waals surface area (Å²) in [6.45, 7) is 3.29. The number of carbonyl (C=O) groups is 2. The van der Waals surface area contributed by atoms with Crippen molar-refractivity contribution >= 4 is 12.1 Å². The third kappa shape index (κ3) is 7.00. The first-order chi connectivity index (χ1) is 15.9. The third-order valence-corrected chi connectivity index (χ3v) is 4.96. The van der Waals surface area contributed by atoms with Crippen molar-refractivity contribution in [2.75, 3.05) is 6.54 Å². The normalized spacial score (nSPS) is 12.3. The molecule has 0 aliphatic carbocycles. The van der Waals surface area contributed by atoms with Gasteiger partial charge in [-0.05, 0) is 30.2 Å².